The van der Waals surface area contributed by atoms with Crippen LogP contribution in [0.3, 0.4) is 0 Å². The summed E-state index contributed by atoms with van der Waals surface area (Å²) in [5.41, 5.74) is 1.78. The molecule has 24 heavy (non-hydrogen) atoms. The minimum absolute atomic E-state index is 0.0451. The van der Waals surface area contributed by atoms with E-state index in [4.69, 9.17) is 5.26 Å². The van der Waals surface area contributed by atoms with Crippen LogP contribution in [0, 0.1) is 21.4 Å². The number of nitrogens with zero attached hydrogens (tertiary/aromatic N) is 3. The fourth-order valence-corrected chi connectivity index (χ4v) is 2.12. The minimum Gasteiger partial charge on any atom is -0.338 e. The normalized spacial score (nSPS) is 10.3. The Bertz CT molecular complexity index is 820. The van der Waals surface area contributed by atoms with E-state index < -0.39 is 4.92 Å². The maximum absolute atomic E-state index is 12.1. The summed E-state index contributed by atoms with van der Waals surface area (Å²) in [6.07, 6.45) is 2.75. The molecule has 0 aliphatic heterocycles. The van der Waals surface area contributed by atoms with E-state index in [0.717, 1.165) is 5.56 Å². The van der Waals surface area contributed by atoms with Gasteiger partial charge in [-0.25, -0.2) is 0 Å². The molecule has 0 heterocycles. The number of amides is 1. The van der Waals surface area contributed by atoms with Gasteiger partial charge in [-0.15, -0.1) is 0 Å². The molecule has 0 saturated carbocycles. The third kappa shape index (κ3) is 4.27. The number of hydrogen-bond acceptors (Lipinski definition) is 4. The number of likely N-dealkylation sites (N-methyl/N-ethyl adjacent to an activating group) is 1. The molecule has 0 radical (unpaired) electrons. The first-order valence-corrected chi connectivity index (χ1v) is 7.17. The van der Waals surface area contributed by atoms with Crippen molar-refractivity contribution in [3.05, 3.63) is 81.4 Å². The van der Waals surface area contributed by atoms with Crippen LogP contribution in [0.4, 0.5) is 5.69 Å². The second-order valence-electron chi connectivity index (χ2n) is 5.15. The SMILES string of the molecule is CN(Cc1ccc(C#N)cc1)C(=O)/C=C/c1ccccc1[N+](=O)[O-]. The van der Waals surface area contributed by atoms with Crippen LogP contribution in [-0.4, -0.2) is 22.8 Å². The van der Waals surface area contributed by atoms with Gasteiger partial charge in [-0.05, 0) is 29.8 Å². The first-order valence-electron chi connectivity index (χ1n) is 7.17. The van der Waals surface area contributed by atoms with Crippen molar-refractivity contribution in [1.29, 1.82) is 5.26 Å². The van der Waals surface area contributed by atoms with Gasteiger partial charge in [0.2, 0.25) is 5.91 Å². The Balaban J connectivity index is 2.06. The summed E-state index contributed by atoms with van der Waals surface area (Å²) in [6, 6.07) is 15.2. The molecule has 6 heteroatoms. The van der Waals surface area contributed by atoms with E-state index in [1.807, 2.05) is 6.07 Å². The fraction of sp³-hybridized carbons (Fsp3) is 0.111. The quantitative estimate of drug-likeness (QED) is 0.481. The van der Waals surface area contributed by atoms with Crippen LogP contribution >= 0.6 is 0 Å². The van der Waals surface area contributed by atoms with Crippen molar-refractivity contribution in [2.24, 2.45) is 0 Å². The number of para-hydroxylation sites is 1. The molecular formula is C18H15N3O3. The predicted octanol–water partition coefficient (Wildman–Crippen LogP) is 3.14. The molecule has 0 aromatic heterocycles. The lowest BCUT2D eigenvalue weighted by Gasteiger charge is -2.15. The van der Waals surface area contributed by atoms with Crippen LogP contribution in [0.2, 0.25) is 0 Å². The number of nitriles is 1. The zero-order valence-corrected chi connectivity index (χ0v) is 13.0. The number of benzene rings is 2. The maximum atomic E-state index is 12.1. The standard InChI is InChI=1S/C18H15N3O3/c1-20(13-15-8-6-14(12-19)7-9-15)18(22)11-10-16-4-2-3-5-17(16)21(23)24/h2-11H,13H2,1H3/b11-10+. The van der Waals surface area contributed by atoms with Crippen molar-refractivity contribution in [2.45, 2.75) is 6.54 Å². The number of nitro groups is 1. The average Bonchev–Trinajstić information content (AvgIpc) is 2.60. The lowest BCUT2D eigenvalue weighted by Crippen LogP contribution is -2.24. The van der Waals surface area contributed by atoms with Gasteiger partial charge in [0.15, 0.2) is 0 Å². The molecule has 120 valence electrons. The highest BCUT2D eigenvalue weighted by Crippen LogP contribution is 2.19. The maximum Gasteiger partial charge on any atom is 0.276 e. The molecule has 0 N–H and O–H groups in total. The zero-order chi connectivity index (χ0) is 17.5. The second-order valence-corrected chi connectivity index (χ2v) is 5.15. The van der Waals surface area contributed by atoms with Crippen LogP contribution < -0.4 is 0 Å². The van der Waals surface area contributed by atoms with Crippen molar-refractivity contribution >= 4 is 17.7 Å². The Labute approximate surface area is 139 Å². The third-order valence-electron chi connectivity index (χ3n) is 3.42. The largest absolute Gasteiger partial charge is 0.338 e. The van der Waals surface area contributed by atoms with Gasteiger partial charge >= 0.3 is 0 Å². The Morgan fingerprint density at radius 1 is 1.25 bits per heavy atom. The first-order chi connectivity index (χ1) is 11.5. The minimum atomic E-state index is -0.482. The van der Waals surface area contributed by atoms with Crippen LogP contribution in [-0.2, 0) is 11.3 Å². The Hall–Kier alpha value is -3.46. The molecule has 0 aliphatic rings. The van der Waals surface area contributed by atoms with E-state index >= 15 is 0 Å². The number of nitro benzene ring substituents is 1. The highest BCUT2D eigenvalue weighted by molar-refractivity contribution is 5.92. The smallest absolute Gasteiger partial charge is 0.276 e. The van der Waals surface area contributed by atoms with E-state index in [1.165, 1.54) is 23.1 Å². The summed E-state index contributed by atoms with van der Waals surface area (Å²) in [6.45, 7) is 0.381. The number of carbonyl (C=O) groups excluding carboxylic acids is 1. The molecule has 0 atom stereocenters. The predicted molar refractivity (Wildman–Crippen MR) is 89.8 cm³/mol. The van der Waals surface area contributed by atoms with Gasteiger partial charge in [0.25, 0.3) is 5.69 Å². The van der Waals surface area contributed by atoms with Gasteiger partial charge in [0.1, 0.15) is 0 Å². The Morgan fingerprint density at radius 2 is 1.92 bits per heavy atom. The summed E-state index contributed by atoms with van der Waals surface area (Å²) < 4.78 is 0. The van der Waals surface area contributed by atoms with Crippen LogP contribution in [0.5, 0.6) is 0 Å². The zero-order valence-electron chi connectivity index (χ0n) is 13.0. The number of carbonyl (C=O) groups is 1. The molecule has 6 nitrogen and oxygen atoms in total. The summed E-state index contributed by atoms with van der Waals surface area (Å²) in [4.78, 5) is 24.1. The number of rotatable bonds is 5. The molecule has 2 aromatic rings. The topological polar surface area (TPSA) is 87.2 Å². The molecule has 0 fully saturated rings. The Kier molecular flexibility index (Phi) is 5.42. The highest BCUT2D eigenvalue weighted by atomic mass is 16.6. The molecular weight excluding hydrogens is 306 g/mol. The van der Waals surface area contributed by atoms with Gasteiger partial charge in [-0.3, -0.25) is 14.9 Å². The van der Waals surface area contributed by atoms with Crippen molar-refractivity contribution in [1.82, 2.24) is 4.90 Å². The third-order valence-corrected chi connectivity index (χ3v) is 3.42. The molecule has 2 rings (SSSR count). The molecule has 0 bridgehead atoms. The molecule has 2 aromatic carbocycles. The van der Waals surface area contributed by atoms with Gasteiger partial charge in [-0.1, -0.05) is 24.3 Å². The summed E-state index contributed by atoms with van der Waals surface area (Å²) in [7, 11) is 1.64. The Morgan fingerprint density at radius 3 is 2.54 bits per heavy atom. The monoisotopic (exact) mass is 321 g/mol. The van der Waals surface area contributed by atoms with Crippen molar-refractivity contribution in [2.75, 3.05) is 7.05 Å². The lowest BCUT2D eigenvalue weighted by molar-refractivity contribution is -0.385. The van der Waals surface area contributed by atoms with Crippen molar-refractivity contribution in [3.63, 3.8) is 0 Å². The van der Waals surface area contributed by atoms with Crippen molar-refractivity contribution in [3.8, 4) is 6.07 Å². The van der Waals surface area contributed by atoms with E-state index in [9.17, 15) is 14.9 Å². The lowest BCUT2D eigenvalue weighted by atomic mass is 10.1. The summed E-state index contributed by atoms with van der Waals surface area (Å²) in [5, 5.41) is 19.7. The molecule has 1 amide bonds. The van der Waals surface area contributed by atoms with Crippen LogP contribution in [0.15, 0.2) is 54.6 Å². The highest BCUT2D eigenvalue weighted by Gasteiger charge is 2.11. The van der Waals surface area contributed by atoms with Gasteiger partial charge in [0, 0.05) is 25.7 Å². The van der Waals surface area contributed by atoms with Gasteiger partial charge in [0.05, 0.1) is 22.1 Å². The molecule has 0 unspecified atom stereocenters. The van der Waals surface area contributed by atoms with E-state index in [-0.39, 0.29) is 11.6 Å². The molecule has 0 saturated heterocycles. The van der Waals surface area contributed by atoms with Gasteiger partial charge in [-0.2, -0.15) is 5.26 Å². The van der Waals surface area contributed by atoms with Crippen LogP contribution in [0.1, 0.15) is 16.7 Å². The average molecular weight is 321 g/mol. The summed E-state index contributed by atoms with van der Waals surface area (Å²) >= 11 is 0. The molecule has 0 spiro atoms. The van der Waals surface area contributed by atoms with Crippen LogP contribution in [0.25, 0.3) is 6.08 Å². The fourth-order valence-electron chi connectivity index (χ4n) is 2.12. The van der Waals surface area contributed by atoms with Gasteiger partial charge < -0.3 is 4.90 Å². The van der Waals surface area contributed by atoms with E-state index in [1.54, 1.807) is 49.5 Å². The first kappa shape index (κ1) is 16.9. The van der Waals surface area contributed by atoms with Crippen molar-refractivity contribution < 1.29 is 9.72 Å². The van der Waals surface area contributed by atoms with E-state index in [0.29, 0.717) is 17.7 Å². The second kappa shape index (κ2) is 7.70. The molecule has 0 aliphatic carbocycles. The summed E-state index contributed by atoms with van der Waals surface area (Å²) in [5.74, 6) is -0.266. The van der Waals surface area contributed by atoms with E-state index in [2.05, 4.69) is 0 Å². The number of hydrogen-bond donors (Lipinski definition) is 0.